The van der Waals surface area contributed by atoms with Crippen LogP contribution in [0.3, 0.4) is 0 Å². The van der Waals surface area contributed by atoms with Crippen molar-refractivity contribution in [2.45, 2.75) is 44.4 Å². The lowest BCUT2D eigenvalue weighted by molar-refractivity contribution is 0.150. The van der Waals surface area contributed by atoms with Crippen LogP contribution in [-0.4, -0.2) is 28.4 Å². The zero-order chi connectivity index (χ0) is 17.4. The molecule has 5 heteroatoms. The number of hydrogen-bond donors (Lipinski definition) is 2. The summed E-state index contributed by atoms with van der Waals surface area (Å²) in [5.41, 5.74) is 2.33. The minimum atomic E-state index is -0.397. The van der Waals surface area contributed by atoms with Crippen molar-refractivity contribution in [2.24, 2.45) is 0 Å². The highest BCUT2D eigenvalue weighted by atomic mass is 79.9. The third-order valence-corrected chi connectivity index (χ3v) is 6.17. The topological polar surface area (TPSA) is 37.2 Å². The number of fused-ring (bicyclic) bond motifs is 3. The number of benzene rings is 2. The second kappa shape index (κ2) is 7.39. The molecule has 2 N–H and O–H groups in total. The minimum Gasteiger partial charge on any atom is -0.390 e. The molecule has 1 fully saturated rings. The SMILES string of the molecule is OC(CNC1CCCC1)Cn1c2ccc(Br)cc2c2cc(Br)ccc21. The Morgan fingerprint density at radius 3 is 2.12 bits per heavy atom. The van der Waals surface area contributed by atoms with Crippen molar-refractivity contribution in [1.29, 1.82) is 0 Å². The maximum atomic E-state index is 10.6. The number of hydrogen-bond acceptors (Lipinski definition) is 2. The zero-order valence-corrected chi connectivity index (χ0v) is 17.2. The third-order valence-electron chi connectivity index (χ3n) is 5.18. The Hall–Kier alpha value is -0.880. The van der Waals surface area contributed by atoms with Gasteiger partial charge in [0.2, 0.25) is 0 Å². The van der Waals surface area contributed by atoms with Crippen LogP contribution in [0.2, 0.25) is 0 Å². The van der Waals surface area contributed by atoms with Crippen LogP contribution in [0.1, 0.15) is 25.7 Å². The van der Waals surface area contributed by atoms with Crippen molar-refractivity contribution in [3.8, 4) is 0 Å². The Labute approximate surface area is 164 Å². The fourth-order valence-corrected chi connectivity index (χ4v) is 4.68. The first-order chi connectivity index (χ1) is 12.1. The van der Waals surface area contributed by atoms with Gasteiger partial charge in [0.25, 0.3) is 0 Å². The molecular weight excluding hydrogens is 444 g/mol. The molecule has 0 bridgehead atoms. The quantitative estimate of drug-likeness (QED) is 0.542. The largest absolute Gasteiger partial charge is 0.390 e. The lowest BCUT2D eigenvalue weighted by atomic mass is 10.2. The van der Waals surface area contributed by atoms with E-state index in [1.165, 1.54) is 36.5 Å². The van der Waals surface area contributed by atoms with Gasteiger partial charge in [0.1, 0.15) is 0 Å². The molecule has 1 atom stereocenters. The van der Waals surface area contributed by atoms with E-state index in [-0.39, 0.29) is 0 Å². The average molecular weight is 466 g/mol. The predicted octanol–water partition coefficient (Wildman–Crippen LogP) is 5.21. The highest BCUT2D eigenvalue weighted by Gasteiger charge is 2.18. The second-order valence-electron chi connectivity index (χ2n) is 6.98. The van der Waals surface area contributed by atoms with Crippen molar-refractivity contribution >= 4 is 53.7 Å². The molecule has 132 valence electrons. The van der Waals surface area contributed by atoms with Crippen molar-refractivity contribution in [3.05, 3.63) is 45.3 Å². The summed E-state index contributed by atoms with van der Waals surface area (Å²) in [5, 5.41) is 16.6. The van der Waals surface area contributed by atoms with Gasteiger partial charge in [-0.25, -0.2) is 0 Å². The molecule has 1 unspecified atom stereocenters. The van der Waals surface area contributed by atoms with Crippen LogP contribution in [0.25, 0.3) is 21.8 Å². The highest BCUT2D eigenvalue weighted by molar-refractivity contribution is 9.10. The third kappa shape index (κ3) is 3.65. The molecule has 2 aromatic carbocycles. The van der Waals surface area contributed by atoms with Crippen LogP contribution < -0.4 is 5.32 Å². The first kappa shape index (κ1) is 17.5. The normalized spacial score (nSPS) is 16.9. The smallest absolute Gasteiger partial charge is 0.0843 e. The maximum Gasteiger partial charge on any atom is 0.0843 e. The van der Waals surface area contributed by atoms with Crippen LogP contribution in [0.15, 0.2) is 45.3 Å². The van der Waals surface area contributed by atoms with Gasteiger partial charge in [-0.3, -0.25) is 0 Å². The van der Waals surface area contributed by atoms with Crippen LogP contribution in [0.5, 0.6) is 0 Å². The summed E-state index contributed by atoms with van der Waals surface area (Å²) in [7, 11) is 0. The molecule has 1 saturated carbocycles. The summed E-state index contributed by atoms with van der Waals surface area (Å²) in [6, 6.07) is 13.3. The number of halogens is 2. The van der Waals surface area contributed by atoms with Gasteiger partial charge in [-0.05, 0) is 49.2 Å². The molecule has 0 aliphatic heterocycles. The fourth-order valence-electron chi connectivity index (χ4n) is 3.95. The summed E-state index contributed by atoms with van der Waals surface area (Å²) in [6.45, 7) is 1.25. The first-order valence-corrected chi connectivity index (χ1v) is 10.5. The number of rotatable bonds is 5. The molecule has 1 aromatic heterocycles. The lowest BCUT2D eigenvalue weighted by Gasteiger charge is -2.18. The number of nitrogens with one attached hydrogen (secondary N) is 1. The zero-order valence-electron chi connectivity index (χ0n) is 14.0. The summed E-state index contributed by atoms with van der Waals surface area (Å²) < 4.78 is 4.38. The standard InChI is InChI=1S/C20H22Br2N2O/c21-13-5-7-19-17(9-13)18-10-14(22)6-8-20(18)24(19)12-16(25)11-23-15-3-1-2-4-15/h5-10,15-16,23,25H,1-4,11-12H2. The van der Waals surface area contributed by atoms with Crippen molar-refractivity contribution in [3.63, 3.8) is 0 Å². The fraction of sp³-hybridized carbons (Fsp3) is 0.400. The summed E-state index contributed by atoms with van der Waals surface area (Å²) >= 11 is 7.16. The van der Waals surface area contributed by atoms with Crippen molar-refractivity contribution < 1.29 is 5.11 Å². The molecule has 1 aliphatic carbocycles. The Balaban J connectivity index is 1.65. The highest BCUT2D eigenvalue weighted by Crippen LogP contribution is 2.33. The van der Waals surface area contributed by atoms with Gasteiger partial charge >= 0.3 is 0 Å². The van der Waals surface area contributed by atoms with Crippen molar-refractivity contribution in [2.75, 3.05) is 6.54 Å². The molecule has 0 radical (unpaired) electrons. The monoisotopic (exact) mass is 464 g/mol. The van der Waals surface area contributed by atoms with Crippen LogP contribution >= 0.6 is 31.9 Å². The second-order valence-corrected chi connectivity index (χ2v) is 8.81. The lowest BCUT2D eigenvalue weighted by Crippen LogP contribution is -2.35. The molecule has 1 aliphatic rings. The van der Waals surface area contributed by atoms with E-state index in [4.69, 9.17) is 0 Å². The van der Waals surface area contributed by atoms with E-state index >= 15 is 0 Å². The molecule has 3 nitrogen and oxygen atoms in total. The number of aliphatic hydroxyl groups excluding tert-OH is 1. The first-order valence-electron chi connectivity index (χ1n) is 8.90. The van der Waals surface area contributed by atoms with Crippen LogP contribution in [0, 0.1) is 0 Å². The van der Waals surface area contributed by atoms with Crippen LogP contribution in [-0.2, 0) is 6.54 Å². The molecule has 0 amide bonds. The van der Waals surface area contributed by atoms with Crippen molar-refractivity contribution in [1.82, 2.24) is 9.88 Å². The molecule has 1 heterocycles. The number of aromatic nitrogens is 1. The predicted molar refractivity (Wildman–Crippen MR) is 111 cm³/mol. The van der Waals surface area contributed by atoms with E-state index in [2.05, 4.69) is 78.1 Å². The van der Waals surface area contributed by atoms with Gasteiger partial charge in [0, 0.05) is 43.3 Å². The molecule has 25 heavy (non-hydrogen) atoms. The summed E-state index contributed by atoms with van der Waals surface area (Å²) in [5.74, 6) is 0. The van der Waals surface area contributed by atoms with E-state index < -0.39 is 6.10 Å². The Morgan fingerprint density at radius 2 is 1.56 bits per heavy atom. The van der Waals surface area contributed by atoms with E-state index in [0.29, 0.717) is 19.1 Å². The molecule has 4 rings (SSSR count). The Kier molecular flexibility index (Phi) is 5.18. The van der Waals surface area contributed by atoms with Gasteiger partial charge in [-0.15, -0.1) is 0 Å². The number of nitrogens with zero attached hydrogens (tertiary/aromatic N) is 1. The molecular formula is C20H22Br2N2O. The van der Waals surface area contributed by atoms with E-state index in [1.807, 2.05) is 0 Å². The van der Waals surface area contributed by atoms with E-state index in [0.717, 1.165) is 20.0 Å². The molecule has 0 saturated heterocycles. The Bertz CT molecular complexity index is 840. The van der Waals surface area contributed by atoms with Crippen LogP contribution in [0.4, 0.5) is 0 Å². The summed E-state index contributed by atoms with van der Waals surface area (Å²) in [6.07, 6.45) is 4.70. The van der Waals surface area contributed by atoms with Gasteiger partial charge in [0.05, 0.1) is 12.6 Å². The molecule has 0 spiro atoms. The Morgan fingerprint density at radius 1 is 1.00 bits per heavy atom. The van der Waals surface area contributed by atoms with E-state index in [9.17, 15) is 5.11 Å². The summed E-state index contributed by atoms with van der Waals surface area (Å²) in [4.78, 5) is 0. The van der Waals surface area contributed by atoms with E-state index in [1.54, 1.807) is 0 Å². The van der Waals surface area contributed by atoms with Gasteiger partial charge in [0.15, 0.2) is 0 Å². The minimum absolute atomic E-state index is 0.397. The molecule has 3 aromatic rings. The van der Waals surface area contributed by atoms with Gasteiger partial charge < -0.3 is 15.0 Å². The van der Waals surface area contributed by atoms with Gasteiger partial charge in [-0.2, -0.15) is 0 Å². The average Bonchev–Trinajstić information content (AvgIpc) is 3.20. The maximum absolute atomic E-state index is 10.6. The van der Waals surface area contributed by atoms with Gasteiger partial charge in [-0.1, -0.05) is 44.7 Å². The number of aliphatic hydroxyl groups is 1.